The molecule has 0 saturated carbocycles. The van der Waals surface area contributed by atoms with Crippen LogP contribution in [0.5, 0.6) is 0 Å². The smallest absolute Gasteiger partial charge is 0.325 e. The van der Waals surface area contributed by atoms with Gasteiger partial charge in [-0.15, -0.1) is 0 Å². The van der Waals surface area contributed by atoms with E-state index in [-0.39, 0.29) is 0 Å². The fourth-order valence-electron chi connectivity index (χ4n) is 2.48. The lowest BCUT2D eigenvalue weighted by Gasteiger charge is -2.14. The first-order chi connectivity index (χ1) is 10.3. The van der Waals surface area contributed by atoms with Gasteiger partial charge in [0.2, 0.25) is 0 Å². The zero-order valence-corrected chi connectivity index (χ0v) is 11.4. The summed E-state index contributed by atoms with van der Waals surface area (Å²) in [6, 6.07) is 16.8. The lowest BCUT2D eigenvalue weighted by Crippen LogP contribution is -2.27. The number of para-hydroxylation sites is 1. The summed E-state index contributed by atoms with van der Waals surface area (Å²) >= 11 is 0. The molecule has 21 heavy (non-hydrogen) atoms. The van der Waals surface area contributed by atoms with Gasteiger partial charge in [-0.05, 0) is 11.6 Å². The summed E-state index contributed by atoms with van der Waals surface area (Å²) in [6.45, 7) is 0.511. The van der Waals surface area contributed by atoms with Crippen molar-refractivity contribution in [3.8, 4) is 0 Å². The van der Waals surface area contributed by atoms with E-state index in [1.54, 1.807) is 6.20 Å². The fraction of sp³-hybridized carbons (Fsp3) is 0.118. The van der Waals surface area contributed by atoms with Crippen LogP contribution in [0.1, 0.15) is 17.2 Å². The number of hydrogen-bond donors (Lipinski definition) is 3. The maximum atomic E-state index is 11.6. The Kier molecular flexibility index (Phi) is 3.71. The monoisotopic (exact) mass is 280 g/mol. The van der Waals surface area contributed by atoms with Gasteiger partial charge >= 0.3 is 5.97 Å². The first kappa shape index (κ1) is 13.4. The SMILES string of the molecule is O=C(O)[C@@H](NCc1ccccc1)c1c[nH]c2ccccc12. The standard InChI is InChI=1S/C17H16N2O2/c20-17(21)16(19-10-12-6-2-1-3-7-12)14-11-18-15-9-5-4-8-13(14)15/h1-9,11,16,18-19H,10H2,(H,20,21)/t16-/m0/s1. The summed E-state index contributed by atoms with van der Waals surface area (Å²) in [4.78, 5) is 14.7. The van der Waals surface area contributed by atoms with Crippen molar-refractivity contribution in [2.24, 2.45) is 0 Å². The van der Waals surface area contributed by atoms with E-state index in [9.17, 15) is 9.90 Å². The van der Waals surface area contributed by atoms with E-state index in [1.807, 2.05) is 54.6 Å². The van der Waals surface area contributed by atoms with E-state index >= 15 is 0 Å². The quantitative estimate of drug-likeness (QED) is 0.673. The maximum absolute atomic E-state index is 11.6. The van der Waals surface area contributed by atoms with E-state index in [0.717, 1.165) is 22.0 Å². The molecule has 4 heteroatoms. The molecular formula is C17H16N2O2. The van der Waals surface area contributed by atoms with Crippen LogP contribution in [0.25, 0.3) is 10.9 Å². The van der Waals surface area contributed by atoms with Crippen LogP contribution < -0.4 is 5.32 Å². The fourth-order valence-corrected chi connectivity index (χ4v) is 2.48. The van der Waals surface area contributed by atoms with Crippen LogP contribution in [0.2, 0.25) is 0 Å². The number of rotatable bonds is 5. The van der Waals surface area contributed by atoms with Crippen LogP contribution in [0.15, 0.2) is 60.8 Å². The van der Waals surface area contributed by atoms with E-state index in [1.165, 1.54) is 0 Å². The maximum Gasteiger partial charge on any atom is 0.325 e. The molecule has 2 aromatic carbocycles. The number of benzene rings is 2. The van der Waals surface area contributed by atoms with E-state index < -0.39 is 12.0 Å². The molecule has 1 heterocycles. The van der Waals surface area contributed by atoms with Crippen molar-refractivity contribution < 1.29 is 9.90 Å². The third-order valence-electron chi connectivity index (χ3n) is 3.53. The van der Waals surface area contributed by atoms with Crippen LogP contribution in [0, 0.1) is 0 Å². The van der Waals surface area contributed by atoms with E-state index in [4.69, 9.17) is 0 Å². The normalized spacial score (nSPS) is 12.4. The molecule has 0 spiro atoms. The number of hydrogen-bond acceptors (Lipinski definition) is 2. The highest BCUT2D eigenvalue weighted by atomic mass is 16.4. The summed E-state index contributed by atoms with van der Waals surface area (Å²) in [5.74, 6) is -0.879. The Labute approximate surface area is 122 Å². The van der Waals surface area contributed by atoms with Crippen molar-refractivity contribution in [3.63, 3.8) is 0 Å². The van der Waals surface area contributed by atoms with Crippen LogP contribution in [0.4, 0.5) is 0 Å². The van der Waals surface area contributed by atoms with Gasteiger partial charge in [-0.3, -0.25) is 10.1 Å². The third-order valence-corrected chi connectivity index (χ3v) is 3.53. The molecule has 0 aliphatic rings. The molecule has 106 valence electrons. The number of fused-ring (bicyclic) bond motifs is 1. The minimum Gasteiger partial charge on any atom is -0.480 e. The zero-order valence-electron chi connectivity index (χ0n) is 11.4. The lowest BCUT2D eigenvalue weighted by atomic mass is 10.1. The Balaban J connectivity index is 1.86. The first-order valence-corrected chi connectivity index (χ1v) is 6.82. The third kappa shape index (κ3) is 2.80. The number of aromatic amines is 1. The Morgan fingerprint density at radius 2 is 1.81 bits per heavy atom. The van der Waals surface area contributed by atoms with Gasteiger partial charge in [-0.25, -0.2) is 0 Å². The molecule has 3 aromatic rings. The summed E-state index contributed by atoms with van der Waals surface area (Å²) in [5, 5.41) is 13.6. The van der Waals surface area contributed by atoms with Gasteiger partial charge in [-0.2, -0.15) is 0 Å². The number of carboxylic acids is 1. The largest absolute Gasteiger partial charge is 0.480 e. The van der Waals surface area contributed by atoms with Crippen molar-refractivity contribution in [2.45, 2.75) is 12.6 Å². The number of nitrogens with one attached hydrogen (secondary N) is 2. The summed E-state index contributed by atoms with van der Waals surface area (Å²) < 4.78 is 0. The molecule has 0 radical (unpaired) electrons. The summed E-state index contributed by atoms with van der Waals surface area (Å²) in [6.07, 6.45) is 1.77. The summed E-state index contributed by atoms with van der Waals surface area (Å²) in [5.41, 5.74) is 2.76. The predicted octanol–water partition coefficient (Wildman–Crippen LogP) is 3.08. The second-order valence-corrected chi connectivity index (χ2v) is 4.93. The van der Waals surface area contributed by atoms with Gasteiger partial charge in [0, 0.05) is 29.2 Å². The van der Waals surface area contributed by atoms with Crippen LogP contribution >= 0.6 is 0 Å². The highest BCUT2D eigenvalue weighted by Crippen LogP contribution is 2.24. The Morgan fingerprint density at radius 1 is 1.10 bits per heavy atom. The molecule has 1 aromatic heterocycles. The number of carbonyl (C=O) groups is 1. The topological polar surface area (TPSA) is 65.1 Å². The molecule has 0 aliphatic heterocycles. The van der Waals surface area contributed by atoms with Gasteiger partial charge in [0.25, 0.3) is 0 Å². The minimum atomic E-state index is -0.879. The lowest BCUT2D eigenvalue weighted by molar-refractivity contribution is -0.139. The van der Waals surface area contributed by atoms with Crippen LogP contribution in [0.3, 0.4) is 0 Å². The first-order valence-electron chi connectivity index (χ1n) is 6.82. The molecule has 0 fully saturated rings. The van der Waals surface area contributed by atoms with E-state index in [2.05, 4.69) is 10.3 Å². The van der Waals surface area contributed by atoms with Gasteiger partial charge in [0.05, 0.1) is 0 Å². The van der Waals surface area contributed by atoms with Crippen molar-refractivity contribution in [1.82, 2.24) is 10.3 Å². The van der Waals surface area contributed by atoms with E-state index in [0.29, 0.717) is 6.54 Å². The highest BCUT2D eigenvalue weighted by molar-refractivity contribution is 5.89. The molecular weight excluding hydrogens is 264 g/mol. The molecule has 3 N–H and O–H groups in total. The second kappa shape index (κ2) is 5.81. The Hall–Kier alpha value is -2.59. The molecule has 0 amide bonds. The molecule has 1 atom stereocenters. The molecule has 4 nitrogen and oxygen atoms in total. The zero-order chi connectivity index (χ0) is 14.7. The number of carboxylic acid groups (broad SMARTS) is 1. The van der Waals surface area contributed by atoms with Crippen molar-refractivity contribution in [2.75, 3.05) is 0 Å². The number of aliphatic carboxylic acids is 1. The Morgan fingerprint density at radius 3 is 2.57 bits per heavy atom. The molecule has 0 aliphatic carbocycles. The van der Waals surface area contributed by atoms with Crippen molar-refractivity contribution in [1.29, 1.82) is 0 Å². The average molecular weight is 280 g/mol. The van der Waals surface area contributed by atoms with Gasteiger partial charge in [-0.1, -0.05) is 48.5 Å². The molecule has 0 saturated heterocycles. The minimum absolute atomic E-state index is 0.511. The van der Waals surface area contributed by atoms with Crippen LogP contribution in [-0.4, -0.2) is 16.1 Å². The number of H-pyrrole nitrogens is 1. The van der Waals surface area contributed by atoms with Gasteiger partial charge in [0.15, 0.2) is 0 Å². The second-order valence-electron chi connectivity index (χ2n) is 4.93. The Bertz CT molecular complexity index is 750. The molecule has 0 unspecified atom stereocenters. The number of aromatic nitrogens is 1. The molecule has 0 bridgehead atoms. The average Bonchev–Trinajstić information content (AvgIpc) is 2.92. The van der Waals surface area contributed by atoms with Gasteiger partial charge in [0.1, 0.15) is 6.04 Å². The summed E-state index contributed by atoms with van der Waals surface area (Å²) in [7, 11) is 0. The van der Waals surface area contributed by atoms with Crippen LogP contribution in [-0.2, 0) is 11.3 Å². The highest BCUT2D eigenvalue weighted by Gasteiger charge is 2.22. The van der Waals surface area contributed by atoms with Gasteiger partial charge < -0.3 is 10.1 Å². The van der Waals surface area contributed by atoms with Crippen molar-refractivity contribution >= 4 is 16.9 Å². The molecule has 3 rings (SSSR count). The predicted molar refractivity (Wildman–Crippen MR) is 82.0 cm³/mol. The van der Waals surface area contributed by atoms with Crippen molar-refractivity contribution in [3.05, 3.63) is 71.9 Å².